The molecule has 0 saturated carbocycles. The number of allylic oxidation sites excluding steroid dienone is 2. The summed E-state index contributed by atoms with van der Waals surface area (Å²) in [4.78, 5) is 0. The van der Waals surface area contributed by atoms with Crippen LogP contribution in [0.15, 0.2) is 11.6 Å². The lowest BCUT2D eigenvalue weighted by molar-refractivity contribution is 0.633. The van der Waals surface area contributed by atoms with Crippen LogP contribution in [0.3, 0.4) is 0 Å². The molecule has 1 heteroatoms. The maximum absolute atomic E-state index is 5.93. The minimum absolute atomic E-state index is 0.323. The van der Waals surface area contributed by atoms with E-state index in [2.05, 4.69) is 19.9 Å². The van der Waals surface area contributed by atoms with Crippen molar-refractivity contribution in [3.05, 3.63) is 11.6 Å². The lowest BCUT2D eigenvalue weighted by Gasteiger charge is -2.07. The first-order chi connectivity index (χ1) is 4.74. The predicted molar refractivity (Wildman–Crippen MR) is 46.4 cm³/mol. The Morgan fingerprint density at radius 2 is 2.50 bits per heavy atom. The molecule has 0 saturated heterocycles. The molecule has 0 amide bonds. The number of halogens is 1. The Hall–Kier alpha value is 0.0300. The second-order valence-electron chi connectivity index (χ2n) is 3.11. The topological polar surface area (TPSA) is 0 Å². The third kappa shape index (κ3) is 1.76. The van der Waals surface area contributed by atoms with Gasteiger partial charge in [0.25, 0.3) is 0 Å². The first-order valence-electron chi connectivity index (χ1n) is 4.08. The summed E-state index contributed by atoms with van der Waals surface area (Å²) in [5.74, 6) is 0.753. The van der Waals surface area contributed by atoms with Crippen molar-refractivity contribution in [2.24, 2.45) is 5.92 Å². The van der Waals surface area contributed by atoms with Crippen LogP contribution in [0.1, 0.15) is 33.1 Å². The van der Waals surface area contributed by atoms with Gasteiger partial charge in [0.15, 0.2) is 0 Å². The van der Waals surface area contributed by atoms with Crippen LogP contribution in [0, 0.1) is 5.92 Å². The van der Waals surface area contributed by atoms with E-state index in [0.717, 1.165) is 12.3 Å². The van der Waals surface area contributed by atoms with E-state index in [4.69, 9.17) is 11.6 Å². The van der Waals surface area contributed by atoms with Crippen molar-refractivity contribution >= 4 is 11.6 Å². The molecule has 0 aromatic carbocycles. The zero-order valence-corrected chi connectivity index (χ0v) is 7.49. The lowest BCUT2D eigenvalue weighted by atomic mass is 9.98. The van der Waals surface area contributed by atoms with Gasteiger partial charge in [0.2, 0.25) is 0 Å². The van der Waals surface area contributed by atoms with Gasteiger partial charge in [0, 0.05) is 0 Å². The van der Waals surface area contributed by atoms with E-state index < -0.39 is 0 Å². The average molecular weight is 159 g/mol. The lowest BCUT2D eigenvalue weighted by Crippen LogP contribution is -1.93. The summed E-state index contributed by atoms with van der Waals surface area (Å²) in [7, 11) is 0. The molecule has 0 heterocycles. The normalized spacial score (nSPS) is 28.3. The Kier molecular flexibility index (Phi) is 2.79. The van der Waals surface area contributed by atoms with Crippen molar-refractivity contribution in [1.29, 1.82) is 0 Å². The van der Waals surface area contributed by atoms with Gasteiger partial charge in [-0.2, -0.15) is 0 Å². The molecule has 58 valence electrons. The fraction of sp³-hybridized carbons (Fsp3) is 0.778. The smallest absolute Gasteiger partial charge is 0.0521 e. The van der Waals surface area contributed by atoms with Crippen LogP contribution >= 0.6 is 11.6 Å². The molecule has 0 aliphatic heterocycles. The maximum Gasteiger partial charge on any atom is 0.0521 e. The van der Waals surface area contributed by atoms with Crippen LogP contribution in [-0.2, 0) is 0 Å². The zero-order valence-electron chi connectivity index (χ0n) is 6.73. The SMILES string of the molecule is CCC(C)C1=CC(Cl)CC1. The molecular weight excluding hydrogens is 144 g/mol. The minimum atomic E-state index is 0.323. The Morgan fingerprint density at radius 1 is 1.80 bits per heavy atom. The van der Waals surface area contributed by atoms with Crippen molar-refractivity contribution < 1.29 is 0 Å². The third-order valence-electron chi connectivity index (χ3n) is 2.35. The molecular formula is C9H15Cl. The number of hydrogen-bond acceptors (Lipinski definition) is 0. The summed E-state index contributed by atoms with van der Waals surface area (Å²) < 4.78 is 0. The number of alkyl halides is 1. The van der Waals surface area contributed by atoms with Crippen LogP contribution in [0.25, 0.3) is 0 Å². The van der Waals surface area contributed by atoms with Gasteiger partial charge in [-0.15, -0.1) is 11.6 Å². The number of hydrogen-bond donors (Lipinski definition) is 0. The highest BCUT2D eigenvalue weighted by Gasteiger charge is 2.16. The van der Waals surface area contributed by atoms with E-state index in [1.807, 2.05) is 0 Å². The highest BCUT2D eigenvalue weighted by molar-refractivity contribution is 6.22. The van der Waals surface area contributed by atoms with Gasteiger partial charge in [-0.1, -0.05) is 25.5 Å². The second kappa shape index (κ2) is 3.43. The molecule has 1 aliphatic rings. The molecule has 1 aliphatic carbocycles. The second-order valence-corrected chi connectivity index (χ2v) is 3.67. The van der Waals surface area contributed by atoms with Crippen LogP contribution in [0.5, 0.6) is 0 Å². The van der Waals surface area contributed by atoms with Gasteiger partial charge in [-0.05, 0) is 25.2 Å². The average Bonchev–Trinajstić information content (AvgIpc) is 2.34. The Morgan fingerprint density at radius 3 is 2.90 bits per heavy atom. The van der Waals surface area contributed by atoms with Gasteiger partial charge in [0.05, 0.1) is 5.38 Å². The van der Waals surface area contributed by atoms with E-state index >= 15 is 0 Å². The largest absolute Gasteiger partial charge is 0.118 e. The summed E-state index contributed by atoms with van der Waals surface area (Å²) in [6.45, 7) is 4.51. The van der Waals surface area contributed by atoms with Crippen LogP contribution < -0.4 is 0 Å². The zero-order chi connectivity index (χ0) is 7.56. The summed E-state index contributed by atoms with van der Waals surface area (Å²) in [6.07, 6.45) is 5.86. The Labute approximate surface area is 68.3 Å². The molecule has 0 bridgehead atoms. The van der Waals surface area contributed by atoms with Gasteiger partial charge in [-0.25, -0.2) is 0 Å². The van der Waals surface area contributed by atoms with Gasteiger partial charge < -0.3 is 0 Å². The highest BCUT2D eigenvalue weighted by Crippen LogP contribution is 2.29. The highest BCUT2D eigenvalue weighted by atomic mass is 35.5. The van der Waals surface area contributed by atoms with Crippen LogP contribution in [0.2, 0.25) is 0 Å². The molecule has 0 fully saturated rings. The van der Waals surface area contributed by atoms with Crippen molar-refractivity contribution in [2.75, 3.05) is 0 Å². The third-order valence-corrected chi connectivity index (χ3v) is 2.69. The Balaban J connectivity index is 2.48. The first-order valence-corrected chi connectivity index (χ1v) is 4.52. The summed E-state index contributed by atoms with van der Waals surface area (Å²) in [5.41, 5.74) is 1.57. The fourth-order valence-corrected chi connectivity index (χ4v) is 1.65. The molecule has 0 spiro atoms. The molecule has 0 N–H and O–H groups in total. The molecule has 10 heavy (non-hydrogen) atoms. The van der Waals surface area contributed by atoms with Crippen LogP contribution in [-0.4, -0.2) is 5.38 Å². The molecule has 1 rings (SSSR count). The van der Waals surface area contributed by atoms with Gasteiger partial charge in [0.1, 0.15) is 0 Å². The summed E-state index contributed by atoms with van der Waals surface area (Å²) in [6, 6.07) is 0. The molecule has 0 nitrogen and oxygen atoms in total. The van der Waals surface area contributed by atoms with Crippen molar-refractivity contribution in [3.63, 3.8) is 0 Å². The van der Waals surface area contributed by atoms with Crippen molar-refractivity contribution in [2.45, 2.75) is 38.5 Å². The van der Waals surface area contributed by atoms with E-state index in [1.165, 1.54) is 12.8 Å². The van der Waals surface area contributed by atoms with Crippen LogP contribution in [0.4, 0.5) is 0 Å². The number of rotatable bonds is 2. The predicted octanol–water partition coefficient (Wildman–Crippen LogP) is 3.36. The molecule has 2 atom stereocenters. The van der Waals surface area contributed by atoms with Crippen molar-refractivity contribution in [3.8, 4) is 0 Å². The fourth-order valence-electron chi connectivity index (χ4n) is 1.38. The van der Waals surface area contributed by atoms with E-state index in [9.17, 15) is 0 Å². The Bertz CT molecular complexity index is 138. The summed E-state index contributed by atoms with van der Waals surface area (Å²) in [5, 5.41) is 0.323. The van der Waals surface area contributed by atoms with Gasteiger partial charge >= 0.3 is 0 Å². The minimum Gasteiger partial charge on any atom is -0.118 e. The summed E-state index contributed by atoms with van der Waals surface area (Å²) >= 11 is 5.93. The standard InChI is InChI=1S/C9H15Cl/c1-3-7(2)8-4-5-9(10)6-8/h6-7,9H,3-5H2,1-2H3. The first kappa shape index (κ1) is 8.13. The molecule has 2 unspecified atom stereocenters. The van der Waals surface area contributed by atoms with E-state index in [0.29, 0.717) is 5.38 Å². The molecule has 0 aromatic heterocycles. The van der Waals surface area contributed by atoms with E-state index in [1.54, 1.807) is 5.57 Å². The quantitative estimate of drug-likeness (QED) is 0.427. The molecule has 0 aromatic rings. The maximum atomic E-state index is 5.93. The van der Waals surface area contributed by atoms with Crippen molar-refractivity contribution in [1.82, 2.24) is 0 Å². The molecule has 0 radical (unpaired) electrons. The monoisotopic (exact) mass is 158 g/mol. The van der Waals surface area contributed by atoms with Gasteiger partial charge in [-0.3, -0.25) is 0 Å². The van der Waals surface area contributed by atoms with E-state index in [-0.39, 0.29) is 0 Å².